The SMILES string of the molecule is Cc1ccc(NC(=O)C2(C(C)C)CCNC2)cn1. The van der Waals surface area contributed by atoms with E-state index in [2.05, 4.69) is 29.5 Å². The molecule has 0 aromatic carbocycles. The minimum atomic E-state index is -0.287. The molecule has 4 heteroatoms. The number of carbonyl (C=O) groups is 1. The number of amides is 1. The summed E-state index contributed by atoms with van der Waals surface area (Å²) in [4.78, 5) is 16.7. The van der Waals surface area contributed by atoms with Crippen LogP contribution in [0, 0.1) is 18.3 Å². The van der Waals surface area contributed by atoms with E-state index in [0.717, 1.165) is 30.9 Å². The lowest BCUT2D eigenvalue weighted by molar-refractivity contribution is -0.126. The van der Waals surface area contributed by atoms with Crippen LogP contribution in [0.5, 0.6) is 0 Å². The molecule has 1 saturated heterocycles. The molecule has 0 bridgehead atoms. The molecule has 1 amide bonds. The number of rotatable bonds is 3. The molecule has 18 heavy (non-hydrogen) atoms. The van der Waals surface area contributed by atoms with Crippen LogP contribution in [0.4, 0.5) is 5.69 Å². The summed E-state index contributed by atoms with van der Waals surface area (Å²) < 4.78 is 0. The van der Waals surface area contributed by atoms with E-state index in [1.807, 2.05) is 19.1 Å². The van der Waals surface area contributed by atoms with Crippen molar-refractivity contribution in [3.63, 3.8) is 0 Å². The van der Waals surface area contributed by atoms with Crippen LogP contribution in [-0.2, 0) is 4.79 Å². The number of hydrogen-bond donors (Lipinski definition) is 2. The number of nitrogens with one attached hydrogen (secondary N) is 2. The average molecular weight is 247 g/mol. The largest absolute Gasteiger partial charge is 0.324 e. The third-order valence-corrected chi connectivity index (χ3v) is 3.91. The van der Waals surface area contributed by atoms with E-state index in [0.29, 0.717) is 5.92 Å². The number of pyridine rings is 1. The van der Waals surface area contributed by atoms with Crippen molar-refractivity contribution in [3.05, 3.63) is 24.0 Å². The van der Waals surface area contributed by atoms with Crippen molar-refractivity contribution >= 4 is 11.6 Å². The highest BCUT2D eigenvalue weighted by molar-refractivity contribution is 5.95. The quantitative estimate of drug-likeness (QED) is 0.858. The molecule has 1 atom stereocenters. The Labute approximate surface area is 108 Å². The maximum atomic E-state index is 12.5. The van der Waals surface area contributed by atoms with Crippen molar-refractivity contribution in [1.82, 2.24) is 10.3 Å². The molecule has 0 radical (unpaired) electrons. The van der Waals surface area contributed by atoms with Gasteiger partial charge in [-0.1, -0.05) is 13.8 Å². The second kappa shape index (κ2) is 5.06. The lowest BCUT2D eigenvalue weighted by Crippen LogP contribution is -2.42. The zero-order valence-electron chi connectivity index (χ0n) is 11.3. The van der Waals surface area contributed by atoms with Crippen LogP contribution >= 0.6 is 0 Å². The molecule has 0 aliphatic carbocycles. The van der Waals surface area contributed by atoms with Crippen molar-refractivity contribution in [2.24, 2.45) is 11.3 Å². The summed E-state index contributed by atoms with van der Waals surface area (Å²) in [6.07, 6.45) is 2.61. The zero-order valence-corrected chi connectivity index (χ0v) is 11.3. The molecular weight excluding hydrogens is 226 g/mol. The average Bonchev–Trinajstić information content (AvgIpc) is 2.82. The van der Waals surface area contributed by atoms with Crippen LogP contribution in [0.25, 0.3) is 0 Å². The van der Waals surface area contributed by atoms with Gasteiger partial charge in [0.05, 0.1) is 17.3 Å². The third-order valence-electron chi connectivity index (χ3n) is 3.91. The Kier molecular flexibility index (Phi) is 3.66. The van der Waals surface area contributed by atoms with Crippen LogP contribution in [0.1, 0.15) is 26.0 Å². The van der Waals surface area contributed by atoms with Crippen molar-refractivity contribution < 1.29 is 4.79 Å². The minimum Gasteiger partial charge on any atom is -0.324 e. The van der Waals surface area contributed by atoms with E-state index in [1.54, 1.807) is 6.20 Å². The first-order valence-electron chi connectivity index (χ1n) is 6.49. The molecule has 1 aliphatic rings. The van der Waals surface area contributed by atoms with Crippen LogP contribution < -0.4 is 10.6 Å². The molecule has 1 aromatic rings. The summed E-state index contributed by atoms with van der Waals surface area (Å²) in [7, 11) is 0. The van der Waals surface area contributed by atoms with Gasteiger partial charge in [-0.05, 0) is 37.9 Å². The Morgan fingerprint density at radius 1 is 1.50 bits per heavy atom. The van der Waals surface area contributed by atoms with Gasteiger partial charge in [0.15, 0.2) is 0 Å². The monoisotopic (exact) mass is 247 g/mol. The molecule has 1 aliphatic heterocycles. The highest BCUT2D eigenvalue weighted by Gasteiger charge is 2.43. The molecule has 2 heterocycles. The third kappa shape index (κ3) is 2.38. The summed E-state index contributed by atoms with van der Waals surface area (Å²) in [5.41, 5.74) is 1.44. The lowest BCUT2D eigenvalue weighted by atomic mass is 9.75. The van der Waals surface area contributed by atoms with E-state index in [1.165, 1.54) is 0 Å². The maximum absolute atomic E-state index is 12.5. The molecule has 4 nitrogen and oxygen atoms in total. The van der Waals surface area contributed by atoms with Gasteiger partial charge in [-0.15, -0.1) is 0 Å². The molecule has 0 spiro atoms. The van der Waals surface area contributed by atoms with Gasteiger partial charge in [-0.25, -0.2) is 0 Å². The molecule has 1 aromatic heterocycles. The number of anilines is 1. The van der Waals surface area contributed by atoms with Gasteiger partial charge in [0.2, 0.25) is 5.91 Å². The van der Waals surface area contributed by atoms with Crippen LogP contribution in [0.3, 0.4) is 0 Å². The number of aryl methyl sites for hydroxylation is 1. The van der Waals surface area contributed by atoms with Crippen molar-refractivity contribution in [1.29, 1.82) is 0 Å². The maximum Gasteiger partial charge on any atom is 0.232 e. The highest BCUT2D eigenvalue weighted by atomic mass is 16.2. The summed E-state index contributed by atoms with van der Waals surface area (Å²) in [5, 5.41) is 6.29. The van der Waals surface area contributed by atoms with Crippen molar-refractivity contribution in [2.75, 3.05) is 18.4 Å². The van der Waals surface area contributed by atoms with Gasteiger partial charge in [-0.2, -0.15) is 0 Å². The van der Waals surface area contributed by atoms with E-state index in [9.17, 15) is 4.79 Å². The smallest absolute Gasteiger partial charge is 0.232 e. The molecule has 1 fully saturated rings. The second-order valence-electron chi connectivity index (χ2n) is 5.38. The number of nitrogens with zero attached hydrogens (tertiary/aromatic N) is 1. The molecule has 1 unspecified atom stereocenters. The first-order valence-corrected chi connectivity index (χ1v) is 6.49. The fraction of sp³-hybridized carbons (Fsp3) is 0.571. The van der Waals surface area contributed by atoms with E-state index < -0.39 is 0 Å². The minimum absolute atomic E-state index is 0.105. The van der Waals surface area contributed by atoms with E-state index in [-0.39, 0.29) is 11.3 Å². The van der Waals surface area contributed by atoms with Crippen molar-refractivity contribution in [2.45, 2.75) is 27.2 Å². The first-order chi connectivity index (χ1) is 8.54. The van der Waals surface area contributed by atoms with Crippen LogP contribution in [-0.4, -0.2) is 24.0 Å². The Hall–Kier alpha value is -1.42. The molecule has 98 valence electrons. The Balaban J connectivity index is 2.13. The Morgan fingerprint density at radius 2 is 2.28 bits per heavy atom. The molecular formula is C14H21N3O. The number of carbonyl (C=O) groups excluding carboxylic acids is 1. The second-order valence-corrected chi connectivity index (χ2v) is 5.38. The van der Waals surface area contributed by atoms with Gasteiger partial charge >= 0.3 is 0 Å². The van der Waals surface area contributed by atoms with Crippen LogP contribution in [0.15, 0.2) is 18.3 Å². The standard InChI is InChI=1S/C14H21N3O/c1-10(2)14(6-7-15-9-14)13(18)17-12-5-4-11(3)16-8-12/h4-5,8,10,15H,6-7,9H2,1-3H3,(H,17,18). The van der Waals surface area contributed by atoms with Crippen molar-refractivity contribution in [3.8, 4) is 0 Å². The summed E-state index contributed by atoms with van der Waals surface area (Å²) in [6, 6.07) is 3.81. The van der Waals surface area contributed by atoms with E-state index in [4.69, 9.17) is 0 Å². The number of hydrogen-bond acceptors (Lipinski definition) is 3. The number of aromatic nitrogens is 1. The lowest BCUT2D eigenvalue weighted by Gasteiger charge is -2.31. The highest BCUT2D eigenvalue weighted by Crippen LogP contribution is 2.35. The molecule has 2 N–H and O–H groups in total. The topological polar surface area (TPSA) is 54.0 Å². The Bertz CT molecular complexity index is 419. The fourth-order valence-electron chi connectivity index (χ4n) is 2.46. The molecule has 0 saturated carbocycles. The normalized spacial score (nSPS) is 23.3. The summed E-state index contributed by atoms with van der Waals surface area (Å²) in [6.45, 7) is 7.83. The van der Waals surface area contributed by atoms with Gasteiger partial charge in [0, 0.05) is 12.2 Å². The fourth-order valence-corrected chi connectivity index (χ4v) is 2.46. The summed E-state index contributed by atoms with van der Waals surface area (Å²) >= 11 is 0. The Morgan fingerprint density at radius 3 is 2.78 bits per heavy atom. The predicted octanol–water partition coefficient (Wildman–Crippen LogP) is 1.96. The van der Waals surface area contributed by atoms with Gasteiger partial charge in [-0.3, -0.25) is 9.78 Å². The molecule has 2 rings (SSSR count). The predicted molar refractivity (Wildman–Crippen MR) is 72.4 cm³/mol. The summed E-state index contributed by atoms with van der Waals surface area (Å²) in [5.74, 6) is 0.430. The van der Waals surface area contributed by atoms with Gasteiger partial charge in [0.1, 0.15) is 0 Å². The van der Waals surface area contributed by atoms with Gasteiger partial charge in [0.25, 0.3) is 0 Å². The first kappa shape index (κ1) is 13.0. The van der Waals surface area contributed by atoms with Gasteiger partial charge < -0.3 is 10.6 Å². The van der Waals surface area contributed by atoms with Crippen LogP contribution in [0.2, 0.25) is 0 Å². The zero-order chi connectivity index (χ0) is 13.2. The van der Waals surface area contributed by atoms with E-state index >= 15 is 0 Å².